The molecule has 0 radical (unpaired) electrons. The van der Waals surface area contributed by atoms with Crippen molar-refractivity contribution in [1.29, 1.82) is 0 Å². The van der Waals surface area contributed by atoms with Crippen LogP contribution < -0.4 is 0 Å². The van der Waals surface area contributed by atoms with E-state index >= 15 is 0 Å². The lowest BCUT2D eigenvalue weighted by atomic mass is 9.97. The van der Waals surface area contributed by atoms with Crippen molar-refractivity contribution in [3.8, 4) is 0 Å². The van der Waals surface area contributed by atoms with Gasteiger partial charge in [0.1, 0.15) is 48.8 Å². The maximum atomic E-state index is 12.3. The van der Waals surface area contributed by atoms with Gasteiger partial charge in [0.15, 0.2) is 12.6 Å². The van der Waals surface area contributed by atoms with Gasteiger partial charge in [0, 0.05) is 0 Å². The van der Waals surface area contributed by atoms with E-state index in [2.05, 4.69) is 6.58 Å². The Hall–Kier alpha value is -0.550. The molecule has 0 spiro atoms. The molecule has 2 aliphatic heterocycles. The zero-order chi connectivity index (χ0) is 27.6. The second-order valence-electron chi connectivity index (χ2n) is 9.11. The first kappa shape index (κ1) is 32.7. The third-order valence-electron chi connectivity index (χ3n) is 6.25. The molecule has 1 unspecified atom stereocenters. The first-order valence-electron chi connectivity index (χ1n) is 12.4. The van der Waals surface area contributed by atoms with Crippen molar-refractivity contribution in [3.63, 3.8) is 0 Å². The van der Waals surface area contributed by atoms with Gasteiger partial charge in [-0.25, -0.2) is 4.57 Å². The van der Waals surface area contributed by atoms with Crippen molar-refractivity contribution < 1.29 is 68.5 Å². The zero-order valence-corrected chi connectivity index (χ0v) is 21.5. The fraction of sp³-hybridized carbons (Fsp3) is 0.909. The topological polar surface area (TPSA) is 225 Å². The molecule has 2 heterocycles. The van der Waals surface area contributed by atoms with Gasteiger partial charge in [-0.15, -0.1) is 6.58 Å². The molecule has 0 bridgehead atoms. The van der Waals surface area contributed by atoms with E-state index in [0.29, 0.717) is 6.42 Å². The summed E-state index contributed by atoms with van der Waals surface area (Å²) in [6.07, 6.45) is -8.69. The highest BCUT2D eigenvalue weighted by atomic mass is 31.2. The normalized spacial score (nSPS) is 38.3. The number of aliphatic hydroxyl groups excluding tert-OH is 7. The summed E-state index contributed by atoms with van der Waals surface area (Å²) in [7, 11) is -4.71. The highest BCUT2D eigenvalue weighted by Gasteiger charge is 2.51. The number of aliphatic hydroxyl groups is 7. The molecule has 2 rings (SSSR count). The molecule has 2 aliphatic rings. The number of phosphoric ester groups is 1. The summed E-state index contributed by atoms with van der Waals surface area (Å²) < 4.78 is 38.1. The average molecular weight is 561 g/mol. The van der Waals surface area contributed by atoms with Crippen LogP contribution in [0, 0.1) is 0 Å². The smallest absolute Gasteiger partial charge is 0.394 e. The maximum Gasteiger partial charge on any atom is 0.474 e. The number of rotatable bonds is 16. The predicted octanol–water partition coefficient (Wildman–Crippen LogP) is -1.34. The highest BCUT2D eigenvalue weighted by Crippen LogP contribution is 2.47. The molecule has 2 fully saturated rings. The molecule has 218 valence electrons. The molecule has 0 saturated carbocycles. The van der Waals surface area contributed by atoms with E-state index in [0.717, 1.165) is 38.5 Å². The Morgan fingerprint density at radius 1 is 0.757 bits per heavy atom. The van der Waals surface area contributed by atoms with Gasteiger partial charge in [0.2, 0.25) is 0 Å². The highest BCUT2D eigenvalue weighted by molar-refractivity contribution is 7.47. The van der Waals surface area contributed by atoms with Crippen molar-refractivity contribution in [2.45, 2.75) is 106 Å². The number of unbranched alkanes of at least 4 members (excludes halogenated alkanes) is 6. The van der Waals surface area contributed by atoms with Crippen LogP contribution >= 0.6 is 7.82 Å². The third-order valence-corrected chi connectivity index (χ3v) is 7.24. The molecule has 37 heavy (non-hydrogen) atoms. The Bertz CT molecular complexity index is 709. The standard InChI is InChI=1S/C22H41O14P/c1-2-3-4-5-6-7-8-9-10-32-37(30,31)36-22-19(29)17(27)20(14(12-24)34-22)35-21-18(28)16(26)15(25)13(11-23)33-21/h2,13-29H,1,3-12H2,(H,30,31)/t13-,14-,15+,16+,17-,18-,19+,20-,21+,22-/m1/s1. The van der Waals surface area contributed by atoms with Gasteiger partial charge in [0.05, 0.1) is 19.8 Å². The first-order chi connectivity index (χ1) is 17.6. The minimum absolute atomic E-state index is 0.0852. The number of ether oxygens (including phenoxy) is 3. The minimum atomic E-state index is -4.71. The molecule has 0 aromatic rings. The SMILES string of the molecule is C=CCCCCCCCCOP(=O)(O)O[C@H]1O[C@H](CO)[C@@H](O[C@@H]2O[C@H](CO)[C@H](O)[C@H](O)[C@H]2O)[C@H](O)[C@@H]1O. The lowest BCUT2D eigenvalue weighted by molar-refractivity contribution is -0.353. The van der Waals surface area contributed by atoms with Gasteiger partial charge < -0.3 is 54.8 Å². The minimum Gasteiger partial charge on any atom is -0.394 e. The quantitative estimate of drug-likeness (QED) is 0.0621. The van der Waals surface area contributed by atoms with Gasteiger partial charge in [-0.2, -0.15) is 0 Å². The maximum absolute atomic E-state index is 12.3. The fourth-order valence-corrected chi connectivity index (χ4v) is 4.94. The van der Waals surface area contributed by atoms with Crippen LogP contribution in [0.25, 0.3) is 0 Å². The monoisotopic (exact) mass is 560 g/mol. The van der Waals surface area contributed by atoms with E-state index in [4.69, 9.17) is 23.3 Å². The molecule has 0 amide bonds. The molecule has 0 aromatic carbocycles. The Balaban J connectivity index is 1.87. The number of allylic oxidation sites excluding steroid dienone is 1. The lowest BCUT2D eigenvalue weighted by Crippen LogP contribution is -2.64. The van der Waals surface area contributed by atoms with Crippen molar-refractivity contribution in [2.75, 3.05) is 19.8 Å². The summed E-state index contributed by atoms with van der Waals surface area (Å²) in [5, 5.41) is 69.9. The Morgan fingerprint density at radius 2 is 1.32 bits per heavy atom. The van der Waals surface area contributed by atoms with Crippen LogP contribution in [-0.2, 0) is 27.8 Å². The van der Waals surface area contributed by atoms with Crippen molar-refractivity contribution in [1.82, 2.24) is 0 Å². The Labute approximate surface area is 215 Å². The van der Waals surface area contributed by atoms with Crippen molar-refractivity contribution >= 4 is 7.82 Å². The number of hydrogen-bond donors (Lipinski definition) is 8. The van der Waals surface area contributed by atoms with Gasteiger partial charge in [-0.05, 0) is 19.3 Å². The van der Waals surface area contributed by atoms with Crippen molar-refractivity contribution in [2.24, 2.45) is 0 Å². The van der Waals surface area contributed by atoms with Gasteiger partial charge >= 0.3 is 7.82 Å². The molecular formula is C22H41O14P. The van der Waals surface area contributed by atoms with E-state index in [1.54, 1.807) is 0 Å². The van der Waals surface area contributed by atoms with Crippen molar-refractivity contribution in [3.05, 3.63) is 12.7 Å². The Morgan fingerprint density at radius 3 is 1.95 bits per heavy atom. The van der Waals surface area contributed by atoms with Crippen LogP contribution in [0.2, 0.25) is 0 Å². The molecule has 2 saturated heterocycles. The summed E-state index contributed by atoms with van der Waals surface area (Å²) in [4.78, 5) is 10.0. The van der Waals surface area contributed by atoms with E-state index in [1.165, 1.54) is 0 Å². The van der Waals surface area contributed by atoms with Crippen LogP contribution in [0.3, 0.4) is 0 Å². The predicted molar refractivity (Wildman–Crippen MR) is 126 cm³/mol. The van der Waals surface area contributed by atoms with E-state index < -0.39 is 82.4 Å². The third kappa shape index (κ3) is 9.55. The summed E-state index contributed by atoms with van der Waals surface area (Å²) in [5.41, 5.74) is 0. The molecule has 0 aliphatic carbocycles. The second kappa shape index (κ2) is 15.9. The number of phosphoric acid groups is 1. The summed E-state index contributed by atoms with van der Waals surface area (Å²) in [6, 6.07) is 0. The van der Waals surface area contributed by atoms with Gasteiger partial charge in [-0.3, -0.25) is 9.05 Å². The summed E-state index contributed by atoms with van der Waals surface area (Å²) >= 11 is 0. The largest absolute Gasteiger partial charge is 0.474 e. The molecule has 0 aromatic heterocycles. The fourth-order valence-electron chi connectivity index (χ4n) is 4.08. The number of hydrogen-bond acceptors (Lipinski definition) is 13. The lowest BCUT2D eigenvalue weighted by Gasteiger charge is -2.45. The Kier molecular flexibility index (Phi) is 14.0. The van der Waals surface area contributed by atoms with Crippen LogP contribution in [0.1, 0.15) is 44.9 Å². The van der Waals surface area contributed by atoms with Gasteiger partial charge in [0.25, 0.3) is 0 Å². The first-order valence-corrected chi connectivity index (χ1v) is 13.9. The summed E-state index contributed by atoms with van der Waals surface area (Å²) in [6.45, 7) is 2.05. The van der Waals surface area contributed by atoms with Crippen LogP contribution in [0.4, 0.5) is 0 Å². The zero-order valence-electron chi connectivity index (χ0n) is 20.6. The second-order valence-corrected chi connectivity index (χ2v) is 10.5. The molecule has 11 atom stereocenters. The van der Waals surface area contributed by atoms with E-state index in [-0.39, 0.29) is 6.61 Å². The molecule has 14 nitrogen and oxygen atoms in total. The molecular weight excluding hydrogens is 519 g/mol. The van der Waals surface area contributed by atoms with E-state index in [9.17, 15) is 45.2 Å². The van der Waals surface area contributed by atoms with Gasteiger partial charge in [-0.1, -0.05) is 31.8 Å². The molecule has 8 N–H and O–H groups in total. The average Bonchev–Trinajstić information content (AvgIpc) is 2.87. The van der Waals surface area contributed by atoms with Crippen LogP contribution in [0.15, 0.2) is 12.7 Å². The van der Waals surface area contributed by atoms with Crippen LogP contribution in [-0.4, -0.2) is 122 Å². The van der Waals surface area contributed by atoms with Crippen LogP contribution in [0.5, 0.6) is 0 Å². The molecule has 15 heteroatoms. The summed E-state index contributed by atoms with van der Waals surface area (Å²) in [5.74, 6) is 0. The van der Waals surface area contributed by atoms with E-state index in [1.807, 2.05) is 6.08 Å².